The molecule has 0 unspecified atom stereocenters. The Kier molecular flexibility index (Phi) is 14.9. The molecule has 0 saturated carbocycles. The van der Waals surface area contributed by atoms with Crippen LogP contribution in [0.3, 0.4) is 0 Å². The molecule has 0 bridgehead atoms. The van der Waals surface area contributed by atoms with Crippen molar-refractivity contribution in [2.24, 2.45) is 0 Å². The molecule has 4 aromatic carbocycles. The predicted octanol–water partition coefficient (Wildman–Crippen LogP) is 4.63. The van der Waals surface area contributed by atoms with Gasteiger partial charge in [0, 0.05) is 8.07 Å². The van der Waals surface area contributed by atoms with Gasteiger partial charge in [0.05, 0.1) is 0 Å². The van der Waals surface area contributed by atoms with E-state index in [1.165, 1.54) is 80.9 Å². The summed E-state index contributed by atoms with van der Waals surface area (Å²) in [4.78, 5) is 0. The molecule has 0 N–H and O–H groups in total. The molecule has 1 aliphatic carbocycles. The van der Waals surface area contributed by atoms with E-state index in [1.54, 1.807) is 5.19 Å². The van der Waals surface area contributed by atoms with Gasteiger partial charge in [0.15, 0.2) is 0 Å². The number of hydrogen-bond acceptors (Lipinski definition) is 0. The second kappa shape index (κ2) is 16.2. The maximum atomic E-state index is 12.0. The van der Waals surface area contributed by atoms with Gasteiger partial charge in [0.1, 0.15) is 0 Å². The molecular formula is C39H47Cl2F3SiZr-2. The fourth-order valence-electron chi connectivity index (χ4n) is 5.41. The summed E-state index contributed by atoms with van der Waals surface area (Å²) in [6.45, 7) is 25.2. The molecule has 248 valence electrons. The number of rotatable bonds is 2. The number of hydrogen-bond donors (Lipinski definition) is 0. The van der Waals surface area contributed by atoms with Crippen molar-refractivity contribution in [2.45, 2.75) is 98.5 Å². The first-order valence-corrected chi connectivity index (χ1v) is 20.1. The van der Waals surface area contributed by atoms with Gasteiger partial charge in [-0.3, -0.25) is 0 Å². The molecular weight excluding hydrogens is 716 g/mol. The van der Waals surface area contributed by atoms with E-state index in [4.69, 9.17) is 0 Å². The second-order valence-corrected chi connectivity index (χ2v) is 20.7. The number of halogens is 5. The van der Waals surface area contributed by atoms with Gasteiger partial charge in [-0.2, -0.15) is 46.1 Å². The first kappa shape index (κ1) is 42.4. The summed E-state index contributed by atoms with van der Waals surface area (Å²) in [5, 5.41) is 1.62. The number of fused-ring (bicyclic) bond motifs is 3. The van der Waals surface area contributed by atoms with Crippen molar-refractivity contribution in [1.29, 1.82) is 0 Å². The minimum Gasteiger partial charge on any atom is -1.00 e. The van der Waals surface area contributed by atoms with Crippen molar-refractivity contribution in [1.82, 2.24) is 0 Å². The summed E-state index contributed by atoms with van der Waals surface area (Å²) < 4.78 is 37.9. The molecule has 7 heteroatoms. The topological polar surface area (TPSA) is 0 Å². The zero-order valence-corrected chi connectivity index (χ0v) is 34.0. The number of aryl methyl sites for hydroxylation is 2. The Bertz CT molecular complexity index is 1540. The molecule has 0 fully saturated rings. The summed E-state index contributed by atoms with van der Waals surface area (Å²) in [6.07, 6.45) is -3.20. The maximum absolute atomic E-state index is 12.0. The normalized spacial score (nSPS) is 12.3. The van der Waals surface area contributed by atoms with E-state index in [0.29, 0.717) is 0 Å². The Labute approximate surface area is 304 Å². The average molecular weight is 763 g/mol. The van der Waals surface area contributed by atoms with E-state index in [0.717, 1.165) is 24.1 Å². The van der Waals surface area contributed by atoms with Crippen LogP contribution in [0.15, 0.2) is 66.7 Å². The minimum absolute atomic E-state index is 0. The van der Waals surface area contributed by atoms with Gasteiger partial charge in [-0.1, -0.05) is 98.8 Å². The van der Waals surface area contributed by atoms with Crippen LogP contribution in [0.4, 0.5) is 13.2 Å². The number of alkyl halides is 3. The van der Waals surface area contributed by atoms with E-state index in [1.807, 2.05) is 3.71 Å². The minimum atomic E-state index is -4.22. The zero-order valence-electron chi connectivity index (χ0n) is 29.0. The third kappa shape index (κ3) is 11.2. The van der Waals surface area contributed by atoms with Gasteiger partial charge < -0.3 is 24.8 Å². The molecule has 0 aliphatic heterocycles. The Morgan fingerprint density at radius 3 is 1.72 bits per heavy atom. The van der Waals surface area contributed by atoms with E-state index >= 15 is 0 Å². The Balaban J connectivity index is 0.000000365. The largest absolute Gasteiger partial charge is 1.00 e. The third-order valence-electron chi connectivity index (χ3n) is 7.92. The van der Waals surface area contributed by atoms with Crippen LogP contribution < -0.4 is 30.0 Å². The van der Waals surface area contributed by atoms with Gasteiger partial charge in [-0.05, 0) is 28.4 Å². The Morgan fingerprint density at radius 1 is 0.761 bits per heavy atom. The molecule has 46 heavy (non-hydrogen) atoms. The van der Waals surface area contributed by atoms with Crippen LogP contribution in [0, 0.1) is 19.9 Å². The maximum Gasteiger partial charge on any atom is -1.00 e. The summed E-state index contributed by atoms with van der Waals surface area (Å²) >= 11 is 1.18. The average Bonchev–Trinajstić information content (AvgIpc) is 3.45. The van der Waals surface area contributed by atoms with Crippen molar-refractivity contribution in [3.63, 3.8) is 0 Å². The molecule has 0 aromatic heterocycles. The number of benzene rings is 3. The van der Waals surface area contributed by atoms with E-state index in [-0.39, 0.29) is 35.6 Å². The molecule has 0 saturated heterocycles. The summed E-state index contributed by atoms with van der Waals surface area (Å²) in [7, 11) is -1.06. The fourth-order valence-corrected chi connectivity index (χ4v) is 7.80. The molecule has 1 aliphatic rings. The molecule has 0 amide bonds. The van der Waals surface area contributed by atoms with Crippen molar-refractivity contribution in [3.8, 4) is 11.1 Å². The Morgan fingerprint density at radius 2 is 1.30 bits per heavy atom. The summed E-state index contributed by atoms with van der Waals surface area (Å²) in [5.74, 6) is 0. The van der Waals surface area contributed by atoms with E-state index in [9.17, 15) is 13.2 Å². The standard InChI is InChI=1S/C21H25.C10H17Si.C8H5F3.2ClH.Zr/c1-20(2,3)16-7-9-18-14(12-16)11-15-13-17(21(4,5)6)8-10-19(15)18;1-8-6-9(2)10(7-8)11(3,4)5;1-6-2-4-7(5-3-6)8(9,10)11;;;/h7-10,12H,11H2,1-6H3;6-7H,1-5H3;1-5H;2*1H;/q2*-1;;;;+2/p-2. The molecule has 0 spiro atoms. The molecule has 5 rings (SSSR count). The van der Waals surface area contributed by atoms with Gasteiger partial charge in [-0.25, -0.2) is 6.07 Å². The smallest absolute Gasteiger partial charge is 1.00 e. The second-order valence-electron chi connectivity index (χ2n) is 15.0. The fraction of sp³-hybridized carbons (Fsp3) is 0.385. The van der Waals surface area contributed by atoms with E-state index in [2.05, 4.69) is 124 Å². The van der Waals surface area contributed by atoms with Gasteiger partial charge in [0.25, 0.3) is 0 Å². The summed E-state index contributed by atoms with van der Waals surface area (Å²) in [6, 6.07) is 24.9. The Hall–Kier alpha value is -1.65. The van der Waals surface area contributed by atoms with Crippen LogP contribution in [0.1, 0.15) is 86.1 Å². The van der Waals surface area contributed by atoms with Gasteiger partial charge in [0.2, 0.25) is 0 Å². The van der Waals surface area contributed by atoms with E-state index < -0.39 is 19.8 Å². The van der Waals surface area contributed by atoms with Crippen LogP contribution in [-0.4, -0.2) is 11.8 Å². The van der Waals surface area contributed by atoms with Crippen molar-refractivity contribution in [2.75, 3.05) is 0 Å². The van der Waals surface area contributed by atoms with Crippen LogP contribution in [0.2, 0.25) is 19.6 Å². The SMILES string of the molecule is CC(C)(C)c1[c-]c2c(cc1)-c1ccc(C(C)(C)C)cc1C2.Cc1cc([Si](C)(C)C)c(C)[cH-]1.FC(F)(F)c1ccc([CH]=[Zr+2])cc1.[Cl-].[Cl-]. The van der Waals surface area contributed by atoms with Crippen molar-refractivity contribution >= 4 is 17.0 Å². The predicted molar refractivity (Wildman–Crippen MR) is 182 cm³/mol. The van der Waals surface area contributed by atoms with Crippen LogP contribution in [0.5, 0.6) is 0 Å². The van der Waals surface area contributed by atoms with Gasteiger partial charge >= 0.3 is 82.7 Å². The summed E-state index contributed by atoms with van der Waals surface area (Å²) in [5.41, 5.74) is 11.9. The zero-order chi connectivity index (χ0) is 33.3. The molecule has 0 heterocycles. The molecule has 0 atom stereocenters. The molecule has 0 radical (unpaired) electrons. The van der Waals surface area contributed by atoms with Crippen LogP contribution in [0.25, 0.3) is 11.1 Å². The van der Waals surface area contributed by atoms with Gasteiger partial charge in [-0.15, -0.1) is 11.1 Å². The van der Waals surface area contributed by atoms with Crippen molar-refractivity contribution < 1.29 is 62.2 Å². The molecule has 4 aromatic rings. The van der Waals surface area contributed by atoms with Crippen molar-refractivity contribution in [3.05, 3.63) is 117 Å². The third-order valence-corrected chi connectivity index (χ3v) is 10.9. The molecule has 0 nitrogen and oxygen atoms in total. The first-order valence-electron chi connectivity index (χ1n) is 15.2. The monoisotopic (exact) mass is 760 g/mol. The first-order chi connectivity index (χ1) is 20.1. The van der Waals surface area contributed by atoms with Crippen LogP contribution in [-0.2, 0) is 47.7 Å². The quantitative estimate of drug-likeness (QED) is 0.182. The van der Waals surface area contributed by atoms with Crippen LogP contribution >= 0.6 is 0 Å².